The topological polar surface area (TPSA) is 55.4 Å². The monoisotopic (exact) mass is 269 g/mol. The van der Waals surface area contributed by atoms with Crippen LogP contribution in [-0.4, -0.2) is 19.0 Å². The summed E-state index contributed by atoms with van der Waals surface area (Å²) in [4.78, 5) is 23.1. The Labute approximate surface area is 117 Å². The lowest BCUT2D eigenvalue weighted by Gasteiger charge is -2.05. The first-order valence-corrected chi connectivity index (χ1v) is 6.21. The molecule has 1 amide bonds. The molecule has 4 nitrogen and oxygen atoms in total. The van der Waals surface area contributed by atoms with E-state index < -0.39 is 0 Å². The molecule has 2 rings (SSSR count). The highest BCUT2D eigenvalue weighted by Crippen LogP contribution is 2.09. The summed E-state index contributed by atoms with van der Waals surface area (Å²) in [6.45, 7) is 0. The minimum absolute atomic E-state index is 0.0954. The van der Waals surface area contributed by atoms with Crippen LogP contribution in [0.25, 0.3) is 0 Å². The lowest BCUT2D eigenvalue weighted by Crippen LogP contribution is -2.14. The molecule has 1 N–H and O–H groups in total. The minimum atomic E-state index is -0.384. The SMILES string of the molecule is COC(=O)c1ccc(CC(=O)Nc2ccccc2)cc1. The Balaban J connectivity index is 1.96. The second kappa shape index (κ2) is 6.52. The van der Waals surface area contributed by atoms with E-state index in [0.29, 0.717) is 5.56 Å². The average molecular weight is 269 g/mol. The molecule has 0 aliphatic rings. The number of hydrogen-bond donors (Lipinski definition) is 1. The highest BCUT2D eigenvalue weighted by atomic mass is 16.5. The Morgan fingerprint density at radius 2 is 1.65 bits per heavy atom. The maximum atomic E-state index is 11.9. The summed E-state index contributed by atoms with van der Waals surface area (Å²) in [5.41, 5.74) is 2.08. The van der Waals surface area contributed by atoms with Gasteiger partial charge in [-0.1, -0.05) is 30.3 Å². The van der Waals surface area contributed by atoms with E-state index in [2.05, 4.69) is 10.1 Å². The van der Waals surface area contributed by atoms with Crippen LogP contribution in [0.3, 0.4) is 0 Å². The van der Waals surface area contributed by atoms with Crippen LogP contribution < -0.4 is 5.32 Å². The molecule has 0 aliphatic heterocycles. The zero-order valence-corrected chi connectivity index (χ0v) is 11.1. The van der Waals surface area contributed by atoms with Gasteiger partial charge in [0.15, 0.2) is 0 Å². The molecule has 0 radical (unpaired) electrons. The Morgan fingerprint density at radius 1 is 1.00 bits per heavy atom. The number of anilines is 1. The minimum Gasteiger partial charge on any atom is -0.465 e. The van der Waals surface area contributed by atoms with Crippen molar-refractivity contribution in [2.75, 3.05) is 12.4 Å². The normalized spacial score (nSPS) is 9.85. The van der Waals surface area contributed by atoms with Gasteiger partial charge < -0.3 is 10.1 Å². The summed E-state index contributed by atoms with van der Waals surface area (Å²) in [5, 5.41) is 2.81. The summed E-state index contributed by atoms with van der Waals surface area (Å²) in [7, 11) is 1.34. The molecule has 0 atom stereocenters. The van der Waals surface area contributed by atoms with Crippen LogP contribution in [-0.2, 0) is 16.0 Å². The quantitative estimate of drug-likeness (QED) is 0.868. The van der Waals surface area contributed by atoms with Gasteiger partial charge in [0.05, 0.1) is 19.1 Å². The van der Waals surface area contributed by atoms with Crippen molar-refractivity contribution in [1.29, 1.82) is 0 Å². The van der Waals surface area contributed by atoms with Gasteiger partial charge in [0.25, 0.3) is 0 Å². The predicted octanol–water partition coefficient (Wildman–Crippen LogP) is 2.65. The number of methoxy groups -OCH3 is 1. The largest absolute Gasteiger partial charge is 0.465 e. The molecule has 0 unspecified atom stereocenters. The van der Waals surface area contributed by atoms with Crippen molar-refractivity contribution in [2.45, 2.75) is 6.42 Å². The molecule has 0 spiro atoms. The van der Waals surface area contributed by atoms with Gasteiger partial charge >= 0.3 is 5.97 Å². The van der Waals surface area contributed by atoms with Gasteiger partial charge in [-0.05, 0) is 29.8 Å². The number of nitrogens with one attached hydrogen (secondary N) is 1. The van der Waals surface area contributed by atoms with Crippen LogP contribution in [0.2, 0.25) is 0 Å². The summed E-state index contributed by atoms with van der Waals surface area (Å²) in [5.74, 6) is -0.479. The fourth-order valence-electron chi connectivity index (χ4n) is 1.79. The van der Waals surface area contributed by atoms with Crippen LogP contribution in [0.15, 0.2) is 54.6 Å². The molecule has 20 heavy (non-hydrogen) atoms. The van der Waals surface area contributed by atoms with Crippen molar-refractivity contribution in [2.24, 2.45) is 0 Å². The van der Waals surface area contributed by atoms with E-state index in [1.807, 2.05) is 30.3 Å². The molecule has 102 valence electrons. The lowest BCUT2D eigenvalue weighted by atomic mass is 10.1. The third-order valence-electron chi connectivity index (χ3n) is 2.80. The smallest absolute Gasteiger partial charge is 0.337 e. The number of carbonyl (C=O) groups excluding carboxylic acids is 2. The zero-order chi connectivity index (χ0) is 14.4. The number of esters is 1. The summed E-state index contributed by atoms with van der Waals surface area (Å²) >= 11 is 0. The van der Waals surface area contributed by atoms with Gasteiger partial charge in [0.1, 0.15) is 0 Å². The lowest BCUT2D eigenvalue weighted by molar-refractivity contribution is -0.115. The van der Waals surface area contributed by atoms with Gasteiger partial charge in [-0.25, -0.2) is 4.79 Å². The number of para-hydroxylation sites is 1. The third-order valence-corrected chi connectivity index (χ3v) is 2.80. The van der Waals surface area contributed by atoms with E-state index >= 15 is 0 Å². The Kier molecular flexibility index (Phi) is 4.50. The van der Waals surface area contributed by atoms with Crippen LogP contribution in [0, 0.1) is 0 Å². The van der Waals surface area contributed by atoms with Crippen molar-refractivity contribution in [1.82, 2.24) is 0 Å². The molecule has 0 aliphatic carbocycles. The first-order chi connectivity index (χ1) is 9.69. The van der Waals surface area contributed by atoms with Crippen LogP contribution in [0.5, 0.6) is 0 Å². The number of rotatable bonds is 4. The maximum absolute atomic E-state index is 11.9. The molecule has 0 saturated carbocycles. The van der Waals surface area contributed by atoms with E-state index in [0.717, 1.165) is 11.3 Å². The Hall–Kier alpha value is -2.62. The number of ether oxygens (including phenoxy) is 1. The summed E-state index contributed by atoms with van der Waals surface area (Å²) < 4.78 is 4.62. The zero-order valence-electron chi connectivity index (χ0n) is 11.1. The molecule has 0 fully saturated rings. The van der Waals surface area contributed by atoms with Crippen molar-refractivity contribution in [3.8, 4) is 0 Å². The van der Waals surface area contributed by atoms with E-state index in [-0.39, 0.29) is 18.3 Å². The average Bonchev–Trinajstić information content (AvgIpc) is 2.48. The van der Waals surface area contributed by atoms with Crippen LogP contribution in [0.4, 0.5) is 5.69 Å². The number of hydrogen-bond acceptors (Lipinski definition) is 3. The molecule has 2 aromatic carbocycles. The molecule has 0 aromatic heterocycles. The van der Waals surface area contributed by atoms with Gasteiger partial charge in [-0.2, -0.15) is 0 Å². The van der Waals surface area contributed by atoms with Crippen molar-refractivity contribution < 1.29 is 14.3 Å². The van der Waals surface area contributed by atoms with E-state index in [4.69, 9.17) is 0 Å². The second-order valence-electron chi connectivity index (χ2n) is 4.28. The van der Waals surface area contributed by atoms with Gasteiger partial charge in [0.2, 0.25) is 5.91 Å². The number of amides is 1. The number of benzene rings is 2. The molecular formula is C16H15NO3. The summed E-state index contributed by atoms with van der Waals surface area (Å²) in [6, 6.07) is 16.1. The highest BCUT2D eigenvalue weighted by molar-refractivity contribution is 5.92. The molecule has 0 saturated heterocycles. The Bertz CT molecular complexity index is 591. The van der Waals surface area contributed by atoms with Crippen molar-refractivity contribution >= 4 is 17.6 Å². The van der Waals surface area contributed by atoms with Crippen molar-refractivity contribution in [3.63, 3.8) is 0 Å². The first kappa shape index (κ1) is 13.8. The highest BCUT2D eigenvalue weighted by Gasteiger charge is 2.07. The molecule has 2 aromatic rings. The van der Waals surface area contributed by atoms with Crippen molar-refractivity contribution in [3.05, 3.63) is 65.7 Å². The first-order valence-electron chi connectivity index (χ1n) is 6.21. The third kappa shape index (κ3) is 3.68. The second-order valence-corrected chi connectivity index (χ2v) is 4.28. The molecule has 0 heterocycles. The van der Waals surface area contributed by atoms with Crippen LogP contribution in [0.1, 0.15) is 15.9 Å². The van der Waals surface area contributed by atoms with Gasteiger partial charge in [-0.3, -0.25) is 4.79 Å². The Morgan fingerprint density at radius 3 is 2.25 bits per heavy atom. The van der Waals surface area contributed by atoms with Gasteiger partial charge in [0, 0.05) is 5.69 Å². The van der Waals surface area contributed by atoms with Crippen LogP contribution >= 0.6 is 0 Å². The molecule has 4 heteroatoms. The number of carbonyl (C=O) groups is 2. The van der Waals surface area contributed by atoms with E-state index in [1.165, 1.54) is 7.11 Å². The fraction of sp³-hybridized carbons (Fsp3) is 0.125. The van der Waals surface area contributed by atoms with E-state index in [9.17, 15) is 9.59 Å². The summed E-state index contributed by atoms with van der Waals surface area (Å²) in [6.07, 6.45) is 0.260. The standard InChI is InChI=1S/C16H15NO3/c1-20-16(19)13-9-7-12(8-10-13)11-15(18)17-14-5-3-2-4-6-14/h2-10H,11H2,1H3,(H,17,18). The predicted molar refractivity (Wildman–Crippen MR) is 76.6 cm³/mol. The fourth-order valence-corrected chi connectivity index (χ4v) is 1.79. The maximum Gasteiger partial charge on any atom is 0.337 e. The molecular weight excluding hydrogens is 254 g/mol. The van der Waals surface area contributed by atoms with Gasteiger partial charge in [-0.15, -0.1) is 0 Å². The van der Waals surface area contributed by atoms with E-state index in [1.54, 1.807) is 24.3 Å². The molecule has 0 bridgehead atoms.